The van der Waals surface area contributed by atoms with Gasteiger partial charge in [-0.1, -0.05) is 25.5 Å². The standard InChI is InChI=1S/C22H26BrN3O5/c1-4-5-10-31-21-17(23)11-15(12-19(21)30-3)13-25-26-20(27)14-24-22(28)16-8-6-7-9-18(16)29-2/h6-9,11-13H,4-5,10,14H2,1-3H3,(H,24,28)(H,26,27). The maximum atomic E-state index is 12.2. The normalized spacial score (nSPS) is 10.6. The lowest BCUT2D eigenvalue weighted by atomic mass is 10.2. The molecule has 0 aliphatic carbocycles. The van der Waals surface area contributed by atoms with Gasteiger partial charge in [0.25, 0.3) is 11.8 Å². The van der Waals surface area contributed by atoms with Gasteiger partial charge in [0.2, 0.25) is 0 Å². The zero-order valence-corrected chi connectivity index (χ0v) is 19.3. The summed E-state index contributed by atoms with van der Waals surface area (Å²) in [6.45, 7) is 2.45. The molecule has 0 atom stereocenters. The molecule has 2 aromatic rings. The van der Waals surface area contributed by atoms with Crippen LogP contribution in [-0.2, 0) is 4.79 Å². The largest absolute Gasteiger partial charge is 0.496 e. The summed E-state index contributed by atoms with van der Waals surface area (Å²) in [4.78, 5) is 24.2. The number of halogens is 1. The molecular formula is C22H26BrN3O5. The summed E-state index contributed by atoms with van der Waals surface area (Å²) in [5, 5.41) is 6.46. The number of hydrogen-bond acceptors (Lipinski definition) is 6. The highest BCUT2D eigenvalue weighted by Crippen LogP contribution is 2.36. The molecule has 2 N–H and O–H groups in total. The number of benzene rings is 2. The van der Waals surface area contributed by atoms with Gasteiger partial charge in [-0.05, 0) is 52.2 Å². The van der Waals surface area contributed by atoms with E-state index in [1.165, 1.54) is 13.3 Å². The molecule has 0 fully saturated rings. The van der Waals surface area contributed by atoms with Crippen LogP contribution in [0.2, 0.25) is 0 Å². The maximum Gasteiger partial charge on any atom is 0.259 e. The van der Waals surface area contributed by atoms with Crippen LogP contribution in [0.5, 0.6) is 17.2 Å². The summed E-state index contributed by atoms with van der Waals surface area (Å²) in [5.74, 6) is 0.729. The average molecular weight is 492 g/mol. The lowest BCUT2D eigenvalue weighted by molar-refractivity contribution is -0.120. The molecule has 2 rings (SSSR count). The van der Waals surface area contributed by atoms with Gasteiger partial charge in [-0.15, -0.1) is 0 Å². The minimum atomic E-state index is -0.468. The SMILES string of the molecule is CCCCOc1c(Br)cc(C=NNC(=O)CNC(=O)c2ccccc2OC)cc1OC. The van der Waals surface area contributed by atoms with Crippen molar-refractivity contribution in [1.82, 2.24) is 10.7 Å². The van der Waals surface area contributed by atoms with E-state index in [1.807, 2.05) is 6.07 Å². The van der Waals surface area contributed by atoms with Gasteiger partial charge >= 0.3 is 0 Å². The van der Waals surface area contributed by atoms with E-state index in [1.54, 1.807) is 37.4 Å². The van der Waals surface area contributed by atoms with Gasteiger partial charge in [0, 0.05) is 0 Å². The summed E-state index contributed by atoms with van der Waals surface area (Å²) in [7, 11) is 3.03. The number of nitrogens with zero attached hydrogens (tertiary/aromatic N) is 1. The molecule has 0 radical (unpaired) electrons. The fraction of sp³-hybridized carbons (Fsp3) is 0.318. The third kappa shape index (κ3) is 7.29. The van der Waals surface area contributed by atoms with E-state index in [-0.39, 0.29) is 6.54 Å². The van der Waals surface area contributed by atoms with Crippen molar-refractivity contribution < 1.29 is 23.8 Å². The van der Waals surface area contributed by atoms with Crippen LogP contribution in [0.15, 0.2) is 46.0 Å². The molecule has 8 nitrogen and oxygen atoms in total. The molecule has 0 aromatic heterocycles. The van der Waals surface area contributed by atoms with E-state index in [9.17, 15) is 9.59 Å². The Kier molecular flexibility index (Phi) is 9.83. The summed E-state index contributed by atoms with van der Waals surface area (Å²) >= 11 is 3.47. The highest BCUT2D eigenvalue weighted by atomic mass is 79.9. The second-order valence-corrected chi connectivity index (χ2v) is 7.27. The van der Waals surface area contributed by atoms with Crippen LogP contribution in [-0.4, -0.2) is 45.4 Å². The second-order valence-electron chi connectivity index (χ2n) is 6.41. The summed E-state index contributed by atoms with van der Waals surface area (Å²) < 4.78 is 17.0. The third-order valence-electron chi connectivity index (χ3n) is 4.16. The first-order valence-corrected chi connectivity index (χ1v) is 10.5. The van der Waals surface area contributed by atoms with Crippen molar-refractivity contribution in [3.8, 4) is 17.2 Å². The van der Waals surface area contributed by atoms with Gasteiger partial charge in [-0.25, -0.2) is 5.43 Å². The monoisotopic (exact) mass is 491 g/mol. The predicted octanol–water partition coefficient (Wildman–Crippen LogP) is 3.53. The number of nitrogens with one attached hydrogen (secondary N) is 2. The summed E-state index contributed by atoms with van der Waals surface area (Å²) in [6, 6.07) is 10.3. The molecule has 0 saturated carbocycles. The van der Waals surface area contributed by atoms with E-state index in [2.05, 4.69) is 38.7 Å². The highest BCUT2D eigenvalue weighted by molar-refractivity contribution is 9.10. The summed E-state index contributed by atoms with van der Waals surface area (Å²) in [5.41, 5.74) is 3.42. The Labute approximate surface area is 190 Å². The zero-order chi connectivity index (χ0) is 22.6. The molecule has 31 heavy (non-hydrogen) atoms. The fourth-order valence-electron chi connectivity index (χ4n) is 2.58. The van der Waals surface area contributed by atoms with E-state index >= 15 is 0 Å². The molecule has 2 aromatic carbocycles. The van der Waals surface area contributed by atoms with Gasteiger partial charge in [0.05, 0.1) is 43.6 Å². The van der Waals surface area contributed by atoms with Crippen molar-refractivity contribution in [2.24, 2.45) is 5.10 Å². The number of rotatable bonds is 11. The summed E-state index contributed by atoms with van der Waals surface area (Å²) in [6.07, 6.45) is 3.45. The minimum absolute atomic E-state index is 0.231. The van der Waals surface area contributed by atoms with E-state index in [0.717, 1.165) is 17.3 Å². The number of hydrogen-bond donors (Lipinski definition) is 2. The molecule has 166 valence electrons. The number of methoxy groups -OCH3 is 2. The third-order valence-corrected chi connectivity index (χ3v) is 4.75. The molecular weight excluding hydrogens is 466 g/mol. The van der Waals surface area contributed by atoms with Gasteiger partial charge in [-0.3, -0.25) is 9.59 Å². The topological polar surface area (TPSA) is 98.2 Å². The Morgan fingerprint density at radius 3 is 2.58 bits per heavy atom. The zero-order valence-electron chi connectivity index (χ0n) is 17.7. The predicted molar refractivity (Wildman–Crippen MR) is 122 cm³/mol. The Morgan fingerprint density at radius 2 is 1.87 bits per heavy atom. The van der Waals surface area contributed by atoms with Gasteiger partial charge < -0.3 is 19.5 Å². The van der Waals surface area contributed by atoms with Crippen LogP contribution in [0, 0.1) is 0 Å². The van der Waals surface area contributed by atoms with Crippen LogP contribution in [0.4, 0.5) is 0 Å². The molecule has 0 heterocycles. The first-order chi connectivity index (χ1) is 15.0. The number of ether oxygens (including phenoxy) is 3. The quantitative estimate of drug-likeness (QED) is 0.284. The number of carbonyl (C=O) groups is 2. The van der Waals surface area contributed by atoms with Gasteiger partial charge in [0.1, 0.15) is 5.75 Å². The Bertz CT molecular complexity index is 933. The maximum absolute atomic E-state index is 12.2. The molecule has 2 amide bonds. The lowest BCUT2D eigenvalue weighted by Crippen LogP contribution is -2.35. The van der Waals surface area contributed by atoms with Crippen LogP contribution >= 0.6 is 15.9 Å². The average Bonchev–Trinajstić information content (AvgIpc) is 2.78. The molecule has 0 spiro atoms. The number of hydrazone groups is 1. The minimum Gasteiger partial charge on any atom is -0.496 e. The van der Waals surface area contributed by atoms with Crippen molar-refractivity contribution in [3.63, 3.8) is 0 Å². The molecule has 0 aliphatic rings. The molecule has 0 unspecified atom stereocenters. The smallest absolute Gasteiger partial charge is 0.259 e. The Hall–Kier alpha value is -3.07. The van der Waals surface area contributed by atoms with Crippen molar-refractivity contribution >= 4 is 34.0 Å². The molecule has 0 bridgehead atoms. The van der Waals surface area contributed by atoms with Crippen LogP contribution in [0.3, 0.4) is 0 Å². The second kappa shape index (κ2) is 12.6. The number of para-hydroxylation sites is 1. The van der Waals surface area contributed by atoms with Gasteiger partial charge in [-0.2, -0.15) is 5.10 Å². The number of unbranched alkanes of at least 4 members (excludes halogenated alkanes) is 1. The lowest BCUT2D eigenvalue weighted by Gasteiger charge is -2.13. The van der Waals surface area contributed by atoms with Crippen LogP contribution in [0.1, 0.15) is 35.7 Å². The Balaban J connectivity index is 1.92. The molecule has 9 heteroatoms. The van der Waals surface area contributed by atoms with Gasteiger partial charge in [0.15, 0.2) is 11.5 Å². The van der Waals surface area contributed by atoms with Crippen LogP contribution < -0.4 is 25.0 Å². The highest BCUT2D eigenvalue weighted by Gasteiger charge is 2.13. The van der Waals surface area contributed by atoms with Crippen molar-refractivity contribution in [2.75, 3.05) is 27.4 Å². The van der Waals surface area contributed by atoms with E-state index < -0.39 is 11.8 Å². The molecule has 0 aliphatic heterocycles. The fourth-order valence-corrected chi connectivity index (χ4v) is 3.15. The number of amides is 2. The first kappa shape index (κ1) is 24.2. The molecule has 0 saturated heterocycles. The Morgan fingerprint density at radius 1 is 1.13 bits per heavy atom. The van der Waals surface area contributed by atoms with Crippen LogP contribution in [0.25, 0.3) is 0 Å². The van der Waals surface area contributed by atoms with E-state index in [4.69, 9.17) is 14.2 Å². The van der Waals surface area contributed by atoms with Crippen molar-refractivity contribution in [1.29, 1.82) is 0 Å². The first-order valence-electron chi connectivity index (χ1n) is 9.73. The van der Waals surface area contributed by atoms with Crippen molar-refractivity contribution in [2.45, 2.75) is 19.8 Å². The van der Waals surface area contributed by atoms with Crippen molar-refractivity contribution in [3.05, 3.63) is 52.0 Å². The number of carbonyl (C=O) groups excluding carboxylic acids is 2. The van der Waals surface area contributed by atoms with E-state index in [0.29, 0.717) is 35.0 Å².